The number of para-hydroxylation sites is 3. The van der Waals surface area contributed by atoms with Gasteiger partial charge in [-0.25, -0.2) is 19.9 Å². The van der Waals surface area contributed by atoms with Gasteiger partial charge in [-0.15, -0.1) is 11.3 Å². The molecule has 8 nitrogen and oxygen atoms in total. The Morgan fingerprint density at radius 2 is 0.705 bits per heavy atom. The van der Waals surface area contributed by atoms with Gasteiger partial charge < -0.3 is 8.83 Å². The molecule has 0 aliphatic carbocycles. The Bertz CT molecular complexity index is 7840. The minimum atomic E-state index is 0.614. The van der Waals surface area contributed by atoms with Crippen molar-refractivity contribution in [1.82, 2.24) is 29.1 Å². The van der Waals surface area contributed by atoms with E-state index in [0.717, 1.165) is 114 Å². The maximum atomic E-state index is 6.64. The predicted molar refractivity (Wildman–Crippen MR) is 439 cm³/mol. The maximum absolute atomic E-state index is 6.64. The monoisotopic (exact) mass is 1350 g/mol. The zero-order valence-corrected chi connectivity index (χ0v) is 56.9. The summed E-state index contributed by atoms with van der Waals surface area (Å²) in [5, 5.41) is 26.1. The van der Waals surface area contributed by atoms with Crippen molar-refractivity contribution in [1.29, 1.82) is 0 Å². The Kier molecular flexibility index (Phi) is 12.3. The highest BCUT2D eigenvalue weighted by atomic mass is 32.1. The van der Waals surface area contributed by atoms with E-state index >= 15 is 0 Å². The molecule has 7 heterocycles. The van der Waals surface area contributed by atoms with Crippen molar-refractivity contribution in [3.05, 3.63) is 328 Å². The lowest BCUT2D eigenvalue weighted by Gasteiger charge is -2.13. The van der Waals surface area contributed by atoms with E-state index in [4.69, 9.17) is 28.8 Å². The Balaban J connectivity index is 0.000000128. The molecule has 0 radical (unpaired) electrons. The summed E-state index contributed by atoms with van der Waals surface area (Å²) in [4.78, 5) is 21.8. The number of furan rings is 2. The number of aromatic nitrogens is 6. The second-order valence-electron chi connectivity index (χ2n) is 27.5. The molecule has 17 aromatic carbocycles. The molecule has 0 aliphatic heterocycles. The summed E-state index contributed by atoms with van der Waals surface area (Å²) in [6, 6.07) is 117. The zero-order valence-electron chi connectivity index (χ0n) is 56.1. The Labute approximate surface area is 601 Å². The Hall–Kier alpha value is -13.9. The molecule has 0 aliphatic rings. The van der Waals surface area contributed by atoms with Crippen molar-refractivity contribution in [2.24, 2.45) is 0 Å². The van der Waals surface area contributed by atoms with Crippen LogP contribution in [0.2, 0.25) is 0 Å². The summed E-state index contributed by atoms with van der Waals surface area (Å²) < 4.78 is 19.8. The molecule has 486 valence electrons. The van der Waals surface area contributed by atoms with E-state index in [2.05, 4.69) is 306 Å². The SMILES string of the molecule is c1ccc(-c2nc(-n3c4cc5ccccc5cc4c4c5ccccc5ccc43)nc3c2sc2cc(-c4cccc5c4oc4ccccc45)ccc23)cc1.c1ccc2cc3c(cc2c1)c1c2ccccc2ccc1n3-c1nc(-c2ccc3c4ccccc4c4ccccc4c3c2)c2oc3ccccc3c2n1. The van der Waals surface area contributed by atoms with Gasteiger partial charge in [0.25, 0.3) is 0 Å². The average Bonchev–Trinajstić information content (AvgIpc) is 1.56. The fourth-order valence-electron chi connectivity index (χ4n) is 17.0. The lowest BCUT2D eigenvalue weighted by Crippen LogP contribution is -2.03. The van der Waals surface area contributed by atoms with Crippen molar-refractivity contribution < 1.29 is 8.83 Å². The topological polar surface area (TPSA) is 87.7 Å². The molecule has 0 saturated carbocycles. The number of benzene rings is 17. The number of hydrogen-bond donors (Lipinski definition) is 0. The number of fused-ring (bicyclic) bond motifs is 27. The van der Waals surface area contributed by atoms with E-state index in [1.54, 1.807) is 11.3 Å². The van der Waals surface area contributed by atoms with Gasteiger partial charge >= 0.3 is 0 Å². The summed E-state index contributed by atoms with van der Waals surface area (Å²) in [5.74, 6) is 1.28. The summed E-state index contributed by atoms with van der Waals surface area (Å²) in [6.45, 7) is 0. The maximum Gasteiger partial charge on any atom is 0.236 e. The normalized spacial score (nSPS) is 12.2. The molecule has 9 heteroatoms. The fourth-order valence-corrected chi connectivity index (χ4v) is 18.2. The van der Waals surface area contributed by atoms with E-state index in [-0.39, 0.29) is 0 Å². The average molecular weight is 1360 g/mol. The largest absolute Gasteiger partial charge is 0.455 e. The highest BCUT2D eigenvalue weighted by Crippen LogP contribution is 2.47. The first-order chi connectivity index (χ1) is 52.0. The zero-order chi connectivity index (χ0) is 68.5. The second kappa shape index (κ2) is 22.3. The van der Waals surface area contributed by atoms with E-state index in [1.807, 2.05) is 30.3 Å². The Morgan fingerprint density at radius 1 is 0.248 bits per heavy atom. The van der Waals surface area contributed by atoms with Crippen LogP contribution in [0.5, 0.6) is 0 Å². The van der Waals surface area contributed by atoms with Gasteiger partial charge in [-0.05, 0) is 148 Å². The van der Waals surface area contributed by atoms with Crippen LogP contribution in [-0.2, 0) is 0 Å². The molecule has 24 rings (SSSR count). The third kappa shape index (κ3) is 8.67. The van der Waals surface area contributed by atoms with Crippen molar-refractivity contribution in [3.8, 4) is 45.5 Å². The fraction of sp³-hybridized carbons (Fsp3) is 0. The van der Waals surface area contributed by atoms with E-state index < -0.39 is 0 Å². The lowest BCUT2D eigenvalue weighted by molar-refractivity contribution is 0.666. The highest BCUT2D eigenvalue weighted by Gasteiger charge is 2.26. The number of rotatable bonds is 5. The van der Waals surface area contributed by atoms with Gasteiger partial charge in [0.15, 0.2) is 5.58 Å². The summed E-state index contributed by atoms with van der Waals surface area (Å²) in [5.41, 5.74) is 15.3. The molecule has 0 saturated heterocycles. The number of thiophene rings is 1. The van der Waals surface area contributed by atoms with Crippen LogP contribution in [-0.4, -0.2) is 29.1 Å². The van der Waals surface area contributed by atoms with Gasteiger partial charge in [-0.3, -0.25) is 9.13 Å². The van der Waals surface area contributed by atoms with E-state index in [0.29, 0.717) is 17.5 Å². The van der Waals surface area contributed by atoms with Crippen molar-refractivity contribution in [2.45, 2.75) is 0 Å². The number of hydrogen-bond acceptors (Lipinski definition) is 7. The van der Waals surface area contributed by atoms with E-state index in [9.17, 15) is 0 Å². The lowest BCUT2D eigenvalue weighted by atomic mass is 9.93. The molecule has 24 aromatic rings. The molecule has 105 heavy (non-hydrogen) atoms. The van der Waals surface area contributed by atoms with Crippen LogP contribution < -0.4 is 0 Å². The standard InChI is InChI=1S/C48H27N3OS.C48H27N3O/c1-2-12-29(13-3-1)44-47-45(37-23-21-32(27-42(37)53-47)34-18-10-19-36-35-17-8-9-20-41(35)52-46(34)36)50-48(49-44)51-39-24-22-28-11-6-7-16-33(28)43(39)38-25-30-14-4-5-15-31(30)26-40(38)51;1-2-13-30-27-42-40(25-29(30)12-1)44-32-14-4-3-11-28(32)22-24-41(44)51(42)48-49-45(47-46(50-48)38-19-9-10-20-43(38)52-47)31-21-23-37-35-17-6-5-15-33(35)34-16-7-8-18-36(34)39(37)26-31/h1-27H;1-27H. The van der Waals surface area contributed by atoms with Crippen molar-refractivity contribution >= 4 is 195 Å². The molecule has 0 spiro atoms. The first kappa shape index (κ1) is 57.9. The molecular weight excluding hydrogens is 1300 g/mol. The summed E-state index contributed by atoms with van der Waals surface area (Å²) in [7, 11) is 0. The van der Waals surface area contributed by atoms with Crippen molar-refractivity contribution in [3.63, 3.8) is 0 Å². The van der Waals surface area contributed by atoms with E-state index in [1.165, 1.54) is 97.0 Å². The van der Waals surface area contributed by atoms with Gasteiger partial charge in [0.05, 0.1) is 38.0 Å². The van der Waals surface area contributed by atoms with Crippen LogP contribution in [0.15, 0.2) is 336 Å². The van der Waals surface area contributed by atoms with Crippen LogP contribution in [0.3, 0.4) is 0 Å². The van der Waals surface area contributed by atoms with Gasteiger partial charge in [0, 0.05) is 64.5 Å². The van der Waals surface area contributed by atoms with Gasteiger partial charge in [-0.1, -0.05) is 261 Å². The van der Waals surface area contributed by atoms with Crippen LogP contribution in [0, 0.1) is 0 Å². The van der Waals surface area contributed by atoms with Gasteiger partial charge in [0.2, 0.25) is 11.9 Å². The molecular formula is C96H54N6O2S. The third-order valence-electron chi connectivity index (χ3n) is 21.7. The Morgan fingerprint density at radius 3 is 1.32 bits per heavy atom. The molecule has 7 aromatic heterocycles. The minimum absolute atomic E-state index is 0.614. The predicted octanol–water partition coefficient (Wildman–Crippen LogP) is 26.4. The second-order valence-corrected chi connectivity index (χ2v) is 28.5. The van der Waals surface area contributed by atoms with Gasteiger partial charge in [-0.2, -0.15) is 0 Å². The quantitative estimate of drug-likeness (QED) is 0.160. The van der Waals surface area contributed by atoms with Crippen LogP contribution in [0.4, 0.5) is 0 Å². The van der Waals surface area contributed by atoms with Crippen LogP contribution in [0.1, 0.15) is 0 Å². The summed E-state index contributed by atoms with van der Waals surface area (Å²) >= 11 is 1.75. The molecule has 0 unspecified atom stereocenters. The minimum Gasteiger partial charge on any atom is -0.455 e. The van der Waals surface area contributed by atoms with Crippen molar-refractivity contribution in [2.75, 3.05) is 0 Å². The summed E-state index contributed by atoms with van der Waals surface area (Å²) in [6.07, 6.45) is 0. The molecule has 0 atom stereocenters. The molecule has 0 fully saturated rings. The smallest absolute Gasteiger partial charge is 0.236 e. The molecule has 0 N–H and O–H groups in total. The third-order valence-corrected chi connectivity index (χ3v) is 22.9. The van der Waals surface area contributed by atoms with Crippen LogP contribution in [0.25, 0.3) is 229 Å². The first-order valence-corrected chi connectivity index (χ1v) is 36.3. The number of nitrogens with zero attached hydrogens (tertiary/aromatic N) is 6. The van der Waals surface area contributed by atoms with Gasteiger partial charge in [0.1, 0.15) is 28.0 Å². The molecule has 0 amide bonds. The van der Waals surface area contributed by atoms with Crippen LogP contribution >= 0.6 is 11.3 Å². The highest BCUT2D eigenvalue weighted by molar-refractivity contribution is 7.26. The molecule has 0 bridgehead atoms. The first-order valence-electron chi connectivity index (χ1n) is 35.5.